The summed E-state index contributed by atoms with van der Waals surface area (Å²) in [4.78, 5) is 35.9. The largest absolute Gasteiger partial charge is 0.464 e. The molecule has 1 aliphatic rings. The van der Waals surface area contributed by atoms with Crippen LogP contribution in [-0.2, 0) is 9.47 Å². The molecule has 0 aromatic carbocycles. The summed E-state index contributed by atoms with van der Waals surface area (Å²) in [6.45, 7) is 9.63. The van der Waals surface area contributed by atoms with Gasteiger partial charge in [0, 0.05) is 26.2 Å². The Morgan fingerprint density at radius 3 is 2.29 bits per heavy atom. The summed E-state index contributed by atoms with van der Waals surface area (Å²) in [5, 5.41) is 0. The highest BCUT2D eigenvalue weighted by Crippen LogP contribution is 2.17. The summed E-state index contributed by atoms with van der Waals surface area (Å²) in [5.74, 6) is 0.185. The van der Waals surface area contributed by atoms with Gasteiger partial charge in [0.1, 0.15) is 11.4 Å². The predicted molar refractivity (Wildman–Crippen MR) is 88.1 cm³/mol. The van der Waals surface area contributed by atoms with Crippen molar-refractivity contribution >= 4 is 17.9 Å². The Labute approximate surface area is 141 Å². The lowest BCUT2D eigenvalue weighted by Gasteiger charge is -2.36. The van der Waals surface area contributed by atoms with Crippen LogP contribution in [0.4, 0.5) is 10.6 Å². The summed E-state index contributed by atoms with van der Waals surface area (Å²) >= 11 is 0. The second kappa shape index (κ2) is 7.02. The Balaban J connectivity index is 1.98. The zero-order chi connectivity index (χ0) is 17.9. The van der Waals surface area contributed by atoms with E-state index in [4.69, 9.17) is 4.74 Å². The SMILES string of the molecule is COC(=O)c1ncc(N2CCN(C(=O)OC(C)(C)C)CC2)nc1C. The molecule has 0 radical (unpaired) electrons. The Hall–Kier alpha value is -2.38. The first-order valence-electron chi connectivity index (χ1n) is 7.86. The molecule has 2 heterocycles. The Morgan fingerprint density at radius 1 is 1.17 bits per heavy atom. The van der Waals surface area contributed by atoms with E-state index in [9.17, 15) is 9.59 Å². The number of rotatable bonds is 2. The summed E-state index contributed by atoms with van der Waals surface area (Å²) in [6, 6.07) is 0. The lowest BCUT2D eigenvalue weighted by Crippen LogP contribution is -2.50. The number of aromatic nitrogens is 2. The molecule has 1 fully saturated rings. The number of hydrogen-bond acceptors (Lipinski definition) is 7. The molecule has 0 saturated carbocycles. The van der Waals surface area contributed by atoms with E-state index >= 15 is 0 Å². The Bertz CT molecular complexity index is 619. The fourth-order valence-corrected chi connectivity index (χ4v) is 2.36. The molecule has 0 atom stereocenters. The summed E-state index contributed by atoms with van der Waals surface area (Å²) < 4.78 is 10.1. The van der Waals surface area contributed by atoms with E-state index in [0.717, 1.165) is 0 Å². The van der Waals surface area contributed by atoms with Gasteiger partial charge in [0.15, 0.2) is 5.69 Å². The topological polar surface area (TPSA) is 84.9 Å². The lowest BCUT2D eigenvalue weighted by atomic mass is 10.2. The number of hydrogen-bond donors (Lipinski definition) is 0. The van der Waals surface area contributed by atoms with E-state index in [1.165, 1.54) is 7.11 Å². The fraction of sp³-hybridized carbons (Fsp3) is 0.625. The maximum atomic E-state index is 12.1. The smallest absolute Gasteiger partial charge is 0.410 e. The van der Waals surface area contributed by atoms with Crippen molar-refractivity contribution < 1.29 is 19.1 Å². The molecular formula is C16H24N4O4. The second-order valence-electron chi connectivity index (χ2n) is 6.61. The van der Waals surface area contributed by atoms with E-state index in [0.29, 0.717) is 37.7 Å². The first-order chi connectivity index (χ1) is 11.2. The highest BCUT2D eigenvalue weighted by Gasteiger charge is 2.26. The maximum absolute atomic E-state index is 12.1. The fourth-order valence-electron chi connectivity index (χ4n) is 2.36. The molecule has 1 amide bonds. The van der Waals surface area contributed by atoms with Crippen LogP contribution in [0.25, 0.3) is 0 Å². The number of nitrogens with zero attached hydrogens (tertiary/aromatic N) is 4. The van der Waals surface area contributed by atoms with E-state index < -0.39 is 11.6 Å². The Kier molecular flexibility index (Phi) is 5.26. The van der Waals surface area contributed by atoms with Gasteiger partial charge in [-0.15, -0.1) is 0 Å². The number of aryl methyl sites for hydroxylation is 1. The summed E-state index contributed by atoms with van der Waals surface area (Å²) in [5.41, 5.74) is 0.239. The number of methoxy groups -OCH3 is 1. The molecular weight excluding hydrogens is 312 g/mol. The summed E-state index contributed by atoms with van der Waals surface area (Å²) in [7, 11) is 1.31. The van der Waals surface area contributed by atoms with Gasteiger partial charge >= 0.3 is 12.1 Å². The van der Waals surface area contributed by atoms with Gasteiger partial charge in [-0.05, 0) is 27.7 Å². The first-order valence-corrected chi connectivity index (χ1v) is 7.86. The molecule has 8 heteroatoms. The van der Waals surface area contributed by atoms with E-state index in [1.54, 1.807) is 18.0 Å². The molecule has 132 valence electrons. The van der Waals surface area contributed by atoms with Crippen LogP contribution in [-0.4, -0.2) is 65.8 Å². The molecule has 8 nitrogen and oxygen atoms in total. The number of esters is 1. The molecule has 0 aliphatic carbocycles. The minimum Gasteiger partial charge on any atom is -0.464 e. The molecule has 24 heavy (non-hydrogen) atoms. The van der Waals surface area contributed by atoms with Crippen molar-refractivity contribution in [3.05, 3.63) is 17.6 Å². The van der Waals surface area contributed by atoms with E-state index in [-0.39, 0.29) is 11.8 Å². The highest BCUT2D eigenvalue weighted by molar-refractivity contribution is 5.88. The summed E-state index contributed by atoms with van der Waals surface area (Å²) in [6.07, 6.45) is 1.26. The maximum Gasteiger partial charge on any atom is 0.410 e. The third-order valence-corrected chi connectivity index (χ3v) is 3.57. The zero-order valence-corrected chi connectivity index (χ0v) is 14.8. The van der Waals surface area contributed by atoms with Crippen LogP contribution in [0.15, 0.2) is 6.20 Å². The van der Waals surface area contributed by atoms with Crippen molar-refractivity contribution in [2.75, 3.05) is 38.2 Å². The molecule has 2 rings (SSSR count). The van der Waals surface area contributed by atoms with Gasteiger partial charge in [0.25, 0.3) is 0 Å². The van der Waals surface area contributed by atoms with Crippen LogP contribution in [0.3, 0.4) is 0 Å². The van der Waals surface area contributed by atoms with Crippen LogP contribution >= 0.6 is 0 Å². The molecule has 1 aromatic heterocycles. The molecule has 0 bridgehead atoms. The number of anilines is 1. The third kappa shape index (κ3) is 4.33. The predicted octanol–water partition coefficient (Wildman–Crippen LogP) is 1.63. The van der Waals surface area contributed by atoms with Crippen LogP contribution in [0, 0.1) is 6.92 Å². The van der Waals surface area contributed by atoms with Crippen LogP contribution in [0.2, 0.25) is 0 Å². The van der Waals surface area contributed by atoms with Crippen LogP contribution in [0.1, 0.15) is 37.0 Å². The van der Waals surface area contributed by atoms with Crippen LogP contribution in [0.5, 0.6) is 0 Å². The minimum absolute atomic E-state index is 0.216. The molecule has 0 unspecified atom stereocenters. The minimum atomic E-state index is -0.499. The number of ether oxygens (including phenoxy) is 2. The number of piperazine rings is 1. The van der Waals surface area contributed by atoms with Crippen molar-refractivity contribution in [1.29, 1.82) is 0 Å². The number of amides is 1. The van der Waals surface area contributed by atoms with Gasteiger partial charge in [-0.1, -0.05) is 0 Å². The molecule has 0 N–H and O–H groups in total. The zero-order valence-electron chi connectivity index (χ0n) is 14.8. The van der Waals surface area contributed by atoms with Gasteiger partial charge in [0.05, 0.1) is 19.0 Å². The highest BCUT2D eigenvalue weighted by atomic mass is 16.6. The number of carbonyl (C=O) groups is 2. The molecule has 0 spiro atoms. The second-order valence-corrected chi connectivity index (χ2v) is 6.61. The standard InChI is InChI=1S/C16H24N4O4/c1-11-13(14(21)23-5)17-10-12(18-11)19-6-8-20(9-7-19)15(22)24-16(2,3)4/h10H,6-9H2,1-5H3. The van der Waals surface area contributed by atoms with E-state index in [2.05, 4.69) is 14.7 Å². The van der Waals surface area contributed by atoms with Crippen molar-refractivity contribution in [2.24, 2.45) is 0 Å². The van der Waals surface area contributed by atoms with Crippen molar-refractivity contribution in [1.82, 2.24) is 14.9 Å². The molecule has 1 aromatic rings. The number of carbonyl (C=O) groups excluding carboxylic acids is 2. The van der Waals surface area contributed by atoms with Crippen LogP contribution < -0.4 is 4.90 Å². The molecule has 1 aliphatic heterocycles. The normalized spacial score (nSPS) is 15.2. The first kappa shape index (κ1) is 18.0. The van der Waals surface area contributed by atoms with Crippen molar-refractivity contribution in [3.63, 3.8) is 0 Å². The average molecular weight is 336 g/mol. The Morgan fingerprint density at radius 2 is 1.79 bits per heavy atom. The van der Waals surface area contributed by atoms with E-state index in [1.807, 2.05) is 25.7 Å². The third-order valence-electron chi connectivity index (χ3n) is 3.57. The quantitative estimate of drug-likeness (QED) is 0.759. The lowest BCUT2D eigenvalue weighted by molar-refractivity contribution is 0.0240. The van der Waals surface area contributed by atoms with Crippen molar-refractivity contribution in [2.45, 2.75) is 33.3 Å². The van der Waals surface area contributed by atoms with Gasteiger partial charge in [0.2, 0.25) is 0 Å². The van der Waals surface area contributed by atoms with Gasteiger partial charge in [-0.3, -0.25) is 0 Å². The van der Waals surface area contributed by atoms with Gasteiger partial charge < -0.3 is 19.3 Å². The van der Waals surface area contributed by atoms with Gasteiger partial charge in [-0.2, -0.15) is 0 Å². The van der Waals surface area contributed by atoms with Gasteiger partial charge in [-0.25, -0.2) is 19.6 Å². The molecule has 1 saturated heterocycles. The average Bonchev–Trinajstić information content (AvgIpc) is 2.52. The monoisotopic (exact) mass is 336 g/mol. The van der Waals surface area contributed by atoms with Crippen molar-refractivity contribution in [3.8, 4) is 0 Å².